The monoisotopic (exact) mass is 354 g/mol. The minimum atomic E-state index is -1.10. The number of carbonyl (C=O) groups excluding carboxylic acids is 2. The lowest BCUT2D eigenvalue weighted by Gasteiger charge is -2.30. The SMILES string of the molecule is CC(=O)N1CCC(C(=O)Nc2ccc(OCC(=O)O)c(Cl)c2)CC1. The van der Waals surface area contributed by atoms with E-state index in [1.807, 2.05) is 0 Å². The summed E-state index contributed by atoms with van der Waals surface area (Å²) in [5, 5.41) is 11.6. The second-order valence-corrected chi connectivity index (χ2v) is 6.00. The lowest BCUT2D eigenvalue weighted by molar-refractivity contribution is -0.139. The molecule has 24 heavy (non-hydrogen) atoms. The van der Waals surface area contributed by atoms with Gasteiger partial charge in [-0.15, -0.1) is 0 Å². The fourth-order valence-electron chi connectivity index (χ4n) is 2.54. The van der Waals surface area contributed by atoms with Gasteiger partial charge in [0.05, 0.1) is 5.02 Å². The van der Waals surface area contributed by atoms with Crippen molar-refractivity contribution in [1.82, 2.24) is 4.90 Å². The molecule has 1 aromatic rings. The summed E-state index contributed by atoms with van der Waals surface area (Å²) in [6.07, 6.45) is 1.25. The van der Waals surface area contributed by atoms with Crippen LogP contribution >= 0.6 is 11.6 Å². The molecule has 0 aliphatic carbocycles. The molecule has 1 aliphatic heterocycles. The van der Waals surface area contributed by atoms with Crippen molar-refractivity contribution in [2.75, 3.05) is 25.0 Å². The molecule has 1 heterocycles. The Hall–Kier alpha value is -2.28. The molecule has 0 unspecified atom stereocenters. The van der Waals surface area contributed by atoms with Crippen molar-refractivity contribution < 1.29 is 24.2 Å². The number of halogens is 1. The average Bonchev–Trinajstić information content (AvgIpc) is 2.54. The number of hydrogen-bond donors (Lipinski definition) is 2. The Morgan fingerprint density at radius 2 is 2.00 bits per heavy atom. The summed E-state index contributed by atoms with van der Waals surface area (Å²) in [7, 11) is 0. The molecule has 7 nitrogen and oxygen atoms in total. The molecule has 1 aromatic carbocycles. The van der Waals surface area contributed by atoms with Crippen molar-refractivity contribution in [2.45, 2.75) is 19.8 Å². The van der Waals surface area contributed by atoms with Crippen molar-refractivity contribution >= 4 is 35.1 Å². The molecule has 8 heteroatoms. The minimum Gasteiger partial charge on any atom is -0.480 e. The topological polar surface area (TPSA) is 95.9 Å². The van der Waals surface area contributed by atoms with E-state index in [9.17, 15) is 14.4 Å². The molecule has 0 radical (unpaired) electrons. The number of hydrogen-bond acceptors (Lipinski definition) is 4. The van der Waals surface area contributed by atoms with Crippen molar-refractivity contribution in [1.29, 1.82) is 0 Å². The molecule has 1 aliphatic rings. The molecule has 0 atom stereocenters. The maximum absolute atomic E-state index is 12.3. The number of amides is 2. The van der Waals surface area contributed by atoms with Gasteiger partial charge in [0.15, 0.2) is 6.61 Å². The number of carboxylic acids is 1. The first-order valence-electron chi connectivity index (χ1n) is 7.57. The molecular weight excluding hydrogens is 336 g/mol. The third-order valence-corrected chi connectivity index (χ3v) is 4.16. The first kappa shape index (κ1) is 18.1. The van der Waals surface area contributed by atoms with E-state index in [2.05, 4.69) is 5.32 Å². The Labute approximate surface area is 144 Å². The van der Waals surface area contributed by atoms with E-state index >= 15 is 0 Å². The molecule has 0 aromatic heterocycles. The highest BCUT2D eigenvalue weighted by Gasteiger charge is 2.26. The van der Waals surface area contributed by atoms with Gasteiger partial charge in [-0.05, 0) is 31.0 Å². The first-order chi connectivity index (χ1) is 11.4. The normalized spacial score (nSPS) is 15.0. The van der Waals surface area contributed by atoms with E-state index in [1.54, 1.807) is 11.0 Å². The molecule has 2 amide bonds. The third-order valence-electron chi connectivity index (χ3n) is 3.86. The van der Waals surface area contributed by atoms with E-state index in [0.717, 1.165) is 0 Å². The summed E-state index contributed by atoms with van der Waals surface area (Å²) < 4.78 is 5.03. The van der Waals surface area contributed by atoms with E-state index in [-0.39, 0.29) is 28.5 Å². The largest absolute Gasteiger partial charge is 0.480 e. The van der Waals surface area contributed by atoms with E-state index in [1.165, 1.54) is 19.1 Å². The number of benzene rings is 1. The second kappa shape index (κ2) is 8.01. The molecular formula is C16H19ClN2O5. The van der Waals surface area contributed by atoms with Gasteiger partial charge >= 0.3 is 5.97 Å². The van der Waals surface area contributed by atoms with Gasteiger partial charge < -0.3 is 20.1 Å². The molecule has 1 fully saturated rings. The number of nitrogens with one attached hydrogen (secondary N) is 1. The first-order valence-corrected chi connectivity index (χ1v) is 7.95. The summed E-state index contributed by atoms with van der Waals surface area (Å²) >= 11 is 6.02. The van der Waals surface area contributed by atoms with E-state index in [0.29, 0.717) is 31.6 Å². The van der Waals surface area contributed by atoms with Crippen LogP contribution in [0.4, 0.5) is 5.69 Å². The van der Waals surface area contributed by atoms with Crippen molar-refractivity contribution in [2.24, 2.45) is 5.92 Å². The zero-order valence-electron chi connectivity index (χ0n) is 13.3. The van der Waals surface area contributed by atoms with Gasteiger partial charge in [-0.25, -0.2) is 4.79 Å². The lowest BCUT2D eigenvalue weighted by Crippen LogP contribution is -2.40. The zero-order valence-corrected chi connectivity index (χ0v) is 14.0. The van der Waals surface area contributed by atoms with Gasteiger partial charge in [-0.3, -0.25) is 9.59 Å². The third kappa shape index (κ3) is 4.86. The number of ether oxygens (including phenoxy) is 1. The van der Waals surface area contributed by atoms with E-state index in [4.69, 9.17) is 21.4 Å². The number of rotatable bonds is 5. The van der Waals surface area contributed by atoms with Crippen LogP contribution in [0.1, 0.15) is 19.8 Å². The van der Waals surface area contributed by atoms with Gasteiger partial charge in [-0.2, -0.15) is 0 Å². The van der Waals surface area contributed by atoms with Crippen LogP contribution in [0.15, 0.2) is 18.2 Å². The summed E-state index contributed by atoms with van der Waals surface area (Å²) in [6.45, 7) is 2.20. The number of anilines is 1. The Morgan fingerprint density at radius 3 is 2.54 bits per heavy atom. The Morgan fingerprint density at radius 1 is 1.33 bits per heavy atom. The Kier molecular flexibility index (Phi) is 6.03. The minimum absolute atomic E-state index is 0.0255. The molecule has 1 saturated heterocycles. The molecule has 2 rings (SSSR count). The predicted octanol–water partition coefficient (Wildman–Crippen LogP) is 2.00. The summed E-state index contributed by atoms with van der Waals surface area (Å²) in [5.41, 5.74) is 0.515. The molecule has 2 N–H and O–H groups in total. The van der Waals surface area contributed by atoms with Crippen molar-refractivity contribution in [3.05, 3.63) is 23.2 Å². The average molecular weight is 355 g/mol. The summed E-state index contributed by atoms with van der Waals surface area (Å²) in [6, 6.07) is 4.63. The number of nitrogens with zero attached hydrogens (tertiary/aromatic N) is 1. The van der Waals surface area contributed by atoms with Crippen LogP contribution in [0.5, 0.6) is 5.75 Å². The highest BCUT2D eigenvalue weighted by atomic mass is 35.5. The standard InChI is InChI=1S/C16H19ClN2O5/c1-10(20)19-6-4-11(5-7-19)16(23)18-12-2-3-14(13(17)8-12)24-9-15(21)22/h2-3,8,11H,4-7,9H2,1H3,(H,18,23)(H,21,22). The van der Waals surface area contributed by atoms with Gasteiger partial charge in [0.2, 0.25) is 11.8 Å². The van der Waals surface area contributed by atoms with Gasteiger partial charge in [0.1, 0.15) is 5.75 Å². The van der Waals surface area contributed by atoms with Crippen molar-refractivity contribution in [3.8, 4) is 5.75 Å². The second-order valence-electron chi connectivity index (χ2n) is 5.60. The molecule has 0 spiro atoms. The van der Waals surface area contributed by atoms with Crippen LogP contribution in [0.3, 0.4) is 0 Å². The Bertz CT molecular complexity index is 641. The Balaban J connectivity index is 1.91. The molecule has 130 valence electrons. The zero-order chi connectivity index (χ0) is 17.7. The fraction of sp³-hybridized carbons (Fsp3) is 0.438. The predicted molar refractivity (Wildman–Crippen MR) is 88.2 cm³/mol. The lowest BCUT2D eigenvalue weighted by atomic mass is 9.96. The van der Waals surface area contributed by atoms with Gasteiger partial charge in [0.25, 0.3) is 0 Å². The maximum Gasteiger partial charge on any atom is 0.341 e. The number of aliphatic carboxylic acids is 1. The molecule has 0 bridgehead atoms. The quantitative estimate of drug-likeness (QED) is 0.843. The fourth-order valence-corrected chi connectivity index (χ4v) is 2.77. The van der Waals surface area contributed by atoms with Crippen LogP contribution in [0.2, 0.25) is 5.02 Å². The van der Waals surface area contributed by atoms with Crippen LogP contribution < -0.4 is 10.1 Å². The van der Waals surface area contributed by atoms with Crippen LogP contribution in [0.25, 0.3) is 0 Å². The van der Waals surface area contributed by atoms with Crippen molar-refractivity contribution in [3.63, 3.8) is 0 Å². The smallest absolute Gasteiger partial charge is 0.341 e. The van der Waals surface area contributed by atoms with Crippen LogP contribution in [0, 0.1) is 5.92 Å². The molecule has 0 saturated carbocycles. The maximum atomic E-state index is 12.3. The summed E-state index contributed by atoms with van der Waals surface area (Å²) in [4.78, 5) is 35.8. The summed E-state index contributed by atoms with van der Waals surface area (Å²) in [5.74, 6) is -1.10. The van der Waals surface area contributed by atoms with Crippen LogP contribution in [-0.2, 0) is 14.4 Å². The number of likely N-dealkylation sites (tertiary alicyclic amines) is 1. The van der Waals surface area contributed by atoms with Gasteiger partial charge in [0, 0.05) is 31.6 Å². The van der Waals surface area contributed by atoms with E-state index < -0.39 is 12.6 Å². The number of piperidine rings is 1. The number of carboxylic acid groups (broad SMARTS) is 1. The number of carbonyl (C=O) groups is 3. The van der Waals surface area contributed by atoms with Gasteiger partial charge in [-0.1, -0.05) is 11.6 Å². The highest BCUT2D eigenvalue weighted by Crippen LogP contribution is 2.28. The van der Waals surface area contributed by atoms with Crippen LogP contribution in [-0.4, -0.2) is 47.5 Å². The highest BCUT2D eigenvalue weighted by molar-refractivity contribution is 6.32.